The number of benzene rings is 7. The fourth-order valence-electron chi connectivity index (χ4n) is 7.85. The molecule has 0 bridgehead atoms. The highest BCUT2D eigenvalue weighted by molar-refractivity contribution is 7.26. The molecule has 0 aliphatic carbocycles. The minimum atomic E-state index is 0.884. The van der Waals surface area contributed by atoms with Crippen LogP contribution in [0, 0.1) is 0 Å². The fraction of sp³-hybridized carbons (Fsp3) is 0. The number of para-hydroxylation sites is 2. The van der Waals surface area contributed by atoms with Crippen molar-refractivity contribution >= 4 is 75.3 Å². The third kappa shape index (κ3) is 4.40. The van der Waals surface area contributed by atoms with Crippen molar-refractivity contribution in [1.82, 2.24) is 9.55 Å². The van der Waals surface area contributed by atoms with Crippen LogP contribution in [0.5, 0.6) is 0 Å². The average Bonchev–Trinajstić information content (AvgIpc) is 3.87. The summed E-state index contributed by atoms with van der Waals surface area (Å²) in [6.45, 7) is 0. The van der Waals surface area contributed by atoms with E-state index in [0.717, 1.165) is 61.4 Å². The predicted molar refractivity (Wildman–Crippen MR) is 215 cm³/mol. The smallest absolute Gasteiger partial charge is 0.136 e. The fourth-order valence-corrected chi connectivity index (χ4v) is 8.96. The Morgan fingerprint density at radius 1 is 0.412 bits per heavy atom. The van der Waals surface area contributed by atoms with Crippen LogP contribution in [0.2, 0.25) is 0 Å². The molecule has 0 saturated carbocycles. The lowest BCUT2D eigenvalue weighted by Crippen LogP contribution is -1.94. The molecule has 3 nitrogen and oxygen atoms in total. The number of fused-ring (bicyclic) bond motifs is 10. The first kappa shape index (κ1) is 28.4. The molecule has 7 aromatic carbocycles. The van der Waals surface area contributed by atoms with Crippen LogP contribution in [-0.2, 0) is 0 Å². The van der Waals surface area contributed by atoms with E-state index in [4.69, 9.17) is 9.40 Å². The molecule has 0 amide bonds. The molecule has 0 aliphatic rings. The monoisotopic (exact) mass is 668 g/mol. The molecule has 11 rings (SSSR count). The van der Waals surface area contributed by atoms with Crippen molar-refractivity contribution in [3.8, 4) is 39.3 Å². The lowest BCUT2D eigenvalue weighted by atomic mass is 9.98. The highest BCUT2D eigenvalue weighted by Crippen LogP contribution is 2.43. The van der Waals surface area contributed by atoms with E-state index in [0.29, 0.717) is 0 Å². The molecule has 11 aromatic rings. The lowest BCUT2D eigenvalue weighted by Gasteiger charge is -2.12. The summed E-state index contributed by atoms with van der Waals surface area (Å²) in [6, 6.07) is 60.6. The summed E-state index contributed by atoms with van der Waals surface area (Å²) in [4.78, 5) is 5.40. The number of nitrogens with zero attached hydrogens (tertiary/aromatic N) is 2. The van der Waals surface area contributed by atoms with Gasteiger partial charge in [0.1, 0.15) is 11.2 Å². The summed E-state index contributed by atoms with van der Waals surface area (Å²) in [5.74, 6) is 0. The molecule has 0 aliphatic heterocycles. The quantitative estimate of drug-likeness (QED) is 0.187. The van der Waals surface area contributed by atoms with E-state index < -0.39 is 0 Å². The number of aromatic nitrogens is 2. The molecule has 0 spiro atoms. The van der Waals surface area contributed by atoms with Crippen LogP contribution in [0.3, 0.4) is 0 Å². The Hall–Kier alpha value is -6.49. The van der Waals surface area contributed by atoms with Gasteiger partial charge >= 0.3 is 0 Å². The first-order chi connectivity index (χ1) is 25.3. The zero-order chi connectivity index (χ0) is 33.5. The van der Waals surface area contributed by atoms with Gasteiger partial charge in [-0.1, -0.05) is 97.1 Å². The van der Waals surface area contributed by atoms with E-state index >= 15 is 0 Å². The van der Waals surface area contributed by atoms with Gasteiger partial charge in [0.2, 0.25) is 0 Å². The minimum Gasteiger partial charge on any atom is -0.456 e. The van der Waals surface area contributed by atoms with Gasteiger partial charge < -0.3 is 8.98 Å². The summed E-state index contributed by atoms with van der Waals surface area (Å²) in [5, 5.41) is 7.27. The second-order valence-corrected chi connectivity index (χ2v) is 14.2. The maximum absolute atomic E-state index is 6.45. The van der Waals surface area contributed by atoms with Crippen LogP contribution >= 0.6 is 11.3 Å². The molecule has 0 radical (unpaired) electrons. The first-order valence-electron chi connectivity index (χ1n) is 17.2. The molecule has 0 N–H and O–H groups in total. The molecule has 4 heterocycles. The van der Waals surface area contributed by atoms with E-state index in [-0.39, 0.29) is 0 Å². The van der Waals surface area contributed by atoms with E-state index in [9.17, 15) is 0 Å². The van der Waals surface area contributed by atoms with E-state index in [2.05, 4.69) is 174 Å². The van der Waals surface area contributed by atoms with Gasteiger partial charge in [0.15, 0.2) is 0 Å². The van der Waals surface area contributed by atoms with Crippen molar-refractivity contribution in [2.75, 3.05) is 0 Å². The maximum atomic E-state index is 6.45. The van der Waals surface area contributed by atoms with Crippen molar-refractivity contribution in [2.24, 2.45) is 0 Å². The minimum absolute atomic E-state index is 0.884. The molecule has 238 valence electrons. The molecule has 4 aromatic heterocycles. The highest BCUT2D eigenvalue weighted by Gasteiger charge is 2.18. The second-order valence-electron chi connectivity index (χ2n) is 13.1. The number of furan rings is 1. The van der Waals surface area contributed by atoms with Crippen molar-refractivity contribution in [3.05, 3.63) is 170 Å². The highest BCUT2D eigenvalue weighted by atomic mass is 32.1. The largest absolute Gasteiger partial charge is 0.456 e. The van der Waals surface area contributed by atoms with E-state index in [1.165, 1.54) is 41.8 Å². The molecular formula is C47H28N2OS. The average molecular weight is 669 g/mol. The Morgan fingerprint density at radius 3 is 1.92 bits per heavy atom. The summed E-state index contributed by atoms with van der Waals surface area (Å²) in [7, 11) is 0. The zero-order valence-electron chi connectivity index (χ0n) is 27.4. The van der Waals surface area contributed by atoms with Gasteiger partial charge in [-0.3, -0.25) is 0 Å². The Morgan fingerprint density at radius 2 is 1.08 bits per heavy atom. The number of hydrogen-bond acceptors (Lipinski definition) is 3. The zero-order valence-corrected chi connectivity index (χ0v) is 28.2. The van der Waals surface area contributed by atoms with Crippen molar-refractivity contribution in [1.29, 1.82) is 0 Å². The van der Waals surface area contributed by atoms with Crippen LogP contribution in [0.4, 0.5) is 0 Å². The molecule has 0 unspecified atom stereocenters. The molecule has 4 heteroatoms. The summed E-state index contributed by atoms with van der Waals surface area (Å²) >= 11 is 1.83. The third-order valence-electron chi connectivity index (χ3n) is 10.2. The van der Waals surface area contributed by atoms with Crippen LogP contribution < -0.4 is 0 Å². The lowest BCUT2D eigenvalue weighted by molar-refractivity contribution is 0.669. The third-order valence-corrected chi connectivity index (χ3v) is 11.3. The standard InChI is InChI=1S/C47H28N2OS/c1-3-11-29(12-4-1)32-26-38(30-20-22-42-37(25-30)46-43(50-42)23-24-45-47(46)36-16-8-10-18-44(36)51-45)48-39(27-32)31-19-21-35-34-15-7-9-17-40(34)49(41(35)28-31)33-13-5-2-6-14-33/h1-28H. The van der Waals surface area contributed by atoms with Gasteiger partial charge in [0.05, 0.1) is 22.4 Å². The van der Waals surface area contributed by atoms with Gasteiger partial charge in [0, 0.05) is 58.5 Å². The number of thiophene rings is 1. The topological polar surface area (TPSA) is 31.0 Å². The van der Waals surface area contributed by atoms with Gasteiger partial charge in [-0.05, 0) is 83.9 Å². The second kappa shape index (κ2) is 11.0. The SMILES string of the molecule is c1ccc(-c2cc(-c3ccc4oc5ccc6sc7ccccc7c6c5c4c3)nc(-c3ccc4c5ccccc5n(-c5ccccc5)c4c3)c2)cc1. The van der Waals surface area contributed by atoms with Gasteiger partial charge in [0.25, 0.3) is 0 Å². The Balaban J connectivity index is 1.15. The molecule has 0 saturated heterocycles. The molecule has 0 atom stereocenters. The molecule has 51 heavy (non-hydrogen) atoms. The molecule has 0 fully saturated rings. The first-order valence-corrected chi connectivity index (χ1v) is 18.0. The number of rotatable bonds is 4. The predicted octanol–water partition coefficient (Wildman–Crippen LogP) is 13.4. The van der Waals surface area contributed by atoms with Gasteiger partial charge in [-0.25, -0.2) is 4.98 Å². The Kier molecular flexibility index (Phi) is 6.12. The van der Waals surface area contributed by atoms with Crippen molar-refractivity contribution in [2.45, 2.75) is 0 Å². The van der Waals surface area contributed by atoms with Gasteiger partial charge in [-0.15, -0.1) is 11.3 Å². The van der Waals surface area contributed by atoms with Crippen molar-refractivity contribution in [3.63, 3.8) is 0 Å². The van der Waals surface area contributed by atoms with E-state index in [1.54, 1.807) is 0 Å². The Bertz CT molecular complexity index is 3130. The summed E-state index contributed by atoms with van der Waals surface area (Å²) in [5.41, 5.74) is 11.6. The molecular weight excluding hydrogens is 641 g/mol. The normalized spacial score (nSPS) is 11.9. The van der Waals surface area contributed by atoms with Crippen LogP contribution in [0.15, 0.2) is 174 Å². The number of pyridine rings is 1. The Labute approximate surface area is 297 Å². The van der Waals surface area contributed by atoms with Crippen molar-refractivity contribution < 1.29 is 4.42 Å². The maximum Gasteiger partial charge on any atom is 0.136 e. The van der Waals surface area contributed by atoms with E-state index in [1.807, 2.05) is 11.3 Å². The van der Waals surface area contributed by atoms with Crippen LogP contribution in [0.1, 0.15) is 0 Å². The number of hydrogen-bond donors (Lipinski definition) is 0. The van der Waals surface area contributed by atoms with Crippen LogP contribution in [-0.4, -0.2) is 9.55 Å². The summed E-state index contributed by atoms with van der Waals surface area (Å²) in [6.07, 6.45) is 0. The van der Waals surface area contributed by atoms with Crippen LogP contribution in [0.25, 0.3) is 103 Å². The van der Waals surface area contributed by atoms with Gasteiger partial charge in [-0.2, -0.15) is 0 Å². The summed E-state index contributed by atoms with van der Waals surface area (Å²) < 4.78 is 11.4.